The van der Waals surface area contributed by atoms with E-state index in [1.165, 1.54) is 18.4 Å². The first kappa shape index (κ1) is 17.0. The maximum Gasteiger partial charge on any atom is 0.337 e. The molecule has 0 radical (unpaired) electrons. The van der Waals surface area contributed by atoms with Crippen molar-refractivity contribution in [2.24, 2.45) is 12.0 Å². The molecule has 0 bridgehead atoms. The van der Waals surface area contributed by atoms with Gasteiger partial charge < -0.3 is 9.30 Å². The lowest BCUT2D eigenvalue weighted by Crippen LogP contribution is -2.34. The van der Waals surface area contributed by atoms with Crippen LogP contribution in [0.1, 0.15) is 23.2 Å². The number of ether oxygens (including phenoxy) is 1. The minimum absolute atomic E-state index is 0.138. The number of likely N-dealkylation sites (tertiary alicyclic amines) is 1. The number of carbonyl (C=O) groups is 4. The Morgan fingerprint density at radius 1 is 1.24 bits per heavy atom. The molecule has 2 aromatic rings. The third-order valence-electron chi connectivity index (χ3n) is 3.90. The van der Waals surface area contributed by atoms with E-state index in [0.29, 0.717) is 10.4 Å². The van der Waals surface area contributed by atoms with E-state index < -0.39 is 11.9 Å². The Morgan fingerprint density at radius 3 is 2.56 bits per heavy atom. The molecule has 0 aliphatic carbocycles. The molecule has 9 heteroatoms. The molecule has 1 aliphatic rings. The van der Waals surface area contributed by atoms with Gasteiger partial charge in [-0.1, -0.05) is 11.3 Å². The number of nitrogens with zero attached hydrogens (tertiary/aromatic N) is 3. The number of thiazole rings is 1. The number of carbonyl (C=O) groups excluding carboxylic acids is 4. The van der Waals surface area contributed by atoms with Crippen molar-refractivity contribution in [1.82, 2.24) is 9.47 Å². The van der Waals surface area contributed by atoms with Gasteiger partial charge in [-0.15, -0.1) is 0 Å². The molecule has 2 heterocycles. The number of amides is 3. The van der Waals surface area contributed by atoms with Crippen molar-refractivity contribution >= 4 is 45.2 Å². The predicted molar refractivity (Wildman–Crippen MR) is 88.7 cm³/mol. The summed E-state index contributed by atoms with van der Waals surface area (Å²) in [5, 5.41) is 0. The molecular formula is C16H15N3O5S. The third-order valence-corrected chi connectivity index (χ3v) is 4.99. The Bertz CT molecular complexity index is 956. The van der Waals surface area contributed by atoms with Gasteiger partial charge in [0.1, 0.15) is 6.54 Å². The zero-order chi connectivity index (χ0) is 18.1. The largest absolute Gasteiger partial charge is 0.465 e. The first-order chi connectivity index (χ1) is 11.9. The summed E-state index contributed by atoms with van der Waals surface area (Å²) in [5.41, 5.74) is 1.21. The maximum absolute atomic E-state index is 12.1. The van der Waals surface area contributed by atoms with Gasteiger partial charge in [0, 0.05) is 19.9 Å². The van der Waals surface area contributed by atoms with Crippen molar-refractivity contribution in [3.63, 3.8) is 0 Å². The van der Waals surface area contributed by atoms with Crippen LogP contribution in [-0.4, -0.2) is 46.8 Å². The lowest BCUT2D eigenvalue weighted by atomic mass is 10.2. The average molecular weight is 361 g/mol. The van der Waals surface area contributed by atoms with Gasteiger partial charge >= 0.3 is 5.97 Å². The van der Waals surface area contributed by atoms with Crippen molar-refractivity contribution in [1.29, 1.82) is 0 Å². The molecule has 0 unspecified atom stereocenters. The molecule has 3 amide bonds. The molecule has 1 aliphatic heterocycles. The molecule has 1 aromatic carbocycles. The highest BCUT2D eigenvalue weighted by molar-refractivity contribution is 7.16. The number of fused-ring (bicyclic) bond motifs is 1. The number of hydrogen-bond acceptors (Lipinski definition) is 6. The lowest BCUT2D eigenvalue weighted by molar-refractivity contribution is -0.141. The zero-order valence-corrected chi connectivity index (χ0v) is 14.5. The maximum atomic E-state index is 12.1. The molecular weight excluding hydrogens is 346 g/mol. The summed E-state index contributed by atoms with van der Waals surface area (Å²) in [6.45, 7) is -0.348. The number of imide groups is 1. The van der Waals surface area contributed by atoms with E-state index >= 15 is 0 Å². The molecule has 1 saturated heterocycles. The molecule has 0 atom stereocenters. The molecule has 8 nitrogen and oxygen atoms in total. The van der Waals surface area contributed by atoms with Gasteiger partial charge in [-0.3, -0.25) is 19.3 Å². The van der Waals surface area contributed by atoms with Gasteiger partial charge in [-0.2, -0.15) is 4.99 Å². The fraction of sp³-hybridized carbons (Fsp3) is 0.312. The third kappa shape index (κ3) is 3.22. The van der Waals surface area contributed by atoms with Gasteiger partial charge in [0.05, 0.1) is 22.9 Å². The van der Waals surface area contributed by atoms with Crippen LogP contribution in [0.3, 0.4) is 0 Å². The lowest BCUT2D eigenvalue weighted by Gasteiger charge is -2.09. The Hall–Kier alpha value is -2.81. The van der Waals surface area contributed by atoms with Gasteiger partial charge in [0.15, 0.2) is 4.80 Å². The number of benzene rings is 1. The topological polar surface area (TPSA) is 98.0 Å². The number of rotatable bonds is 3. The van der Waals surface area contributed by atoms with Gasteiger partial charge in [-0.25, -0.2) is 4.79 Å². The monoisotopic (exact) mass is 361 g/mol. The minimum atomic E-state index is -0.570. The zero-order valence-electron chi connectivity index (χ0n) is 13.6. The van der Waals surface area contributed by atoms with Crippen molar-refractivity contribution in [3.8, 4) is 0 Å². The fourth-order valence-corrected chi connectivity index (χ4v) is 3.64. The summed E-state index contributed by atoms with van der Waals surface area (Å²) in [7, 11) is 3.05. The summed E-state index contributed by atoms with van der Waals surface area (Å²) in [4.78, 5) is 52.2. The van der Waals surface area contributed by atoms with Crippen LogP contribution in [0.4, 0.5) is 0 Å². The van der Waals surface area contributed by atoms with E-state index in [2.05, 4.69) is 4.99 Å². The van der Waals surface area contributed by atoms with Crippen molar-refractivity contribution in [3.05, 3.63) is 28.6 Å². The molecule has 1 aromatic heterocycles. The van der Waals surface area contributed by atoms with Crippen LogP contribution in [0.5, 0.6) is 0 Å². The first-order valence-electron chi connectivity index (χ1n) is 7.49. The summed E-state index contributed by atoms with van der Waals surface area (Å²) in [5.74, 6) is -1.72. The van der Waals surface area contributed by atoms with Crippen LogP contribution in [0.15, 0.2) is 23.2 Å². The van der Waals surface area contributed by atoms with Crippen LogP contribution in [-0.2, 0) is 26.2 Å². The van der Waals surface area contributed by atoms with Gasteiger partial charge in [-0.05, 0) is 18.2 Å². The van der Waals surface area contributed by atoms with E-state index in [0.717, 1.165) is 15.1 Å². The molecule has 3 rings (SSSR count). The minimum Gasteiger partial charge on any atom is -0.465 e. The highest BCUT2D eigenvalue weighted by Gasteiger charge is 2.30. The second-order valence-corrected chi connectivity index (χ2v) is 6.51. The number of esters is 1. The Kier molecular flexibility index (Phi) is 4.49. The Balaban J connectivity index is 1.92. The molecule has 25 heavy (non-hydrogen) atoms. The van der Waals surface area contributed by atoms with Crippen molar-refractivity contribution in [2.45, 2.75) is 12.8 Å². The van der Waals surface area contributed by atoms with Crippen LogP contribution in [0.2, 0.25) is 0 Å². The molecule has 0 saturated carbocycles. The van der Waals surface area contributed by atoms with E-state index in [9.17, 15) is 19.2 Å². The van der Waals surface area contributed by atoms with Crippen LogP contribution in [0, 0.1) is 0 Å². The van der Waals surface area contributed by atoms with E-state index in [1.807, 2.05) is 0 Å². The van der Waals surface area contributed by atoms with Crippen molar-refractivity contribution in [2.75, 3.05) is 13.7 Å². The number of methoxy groups -OCH3 is 1. The normalized spacial score (nSPS) is 15.3. The highest BCUT2D eigenvalue weighted by atomic mass is 32.1. The van der Waals surface area contributed by atoms with Crippen LogP contribution >= 0.6 is 11.3 Å². The number of aryl methyl sites for hydroxylation is 1. The number of aromatic nitrogens is 1. The SMILES string of the molecule is COC(=O)c1ccc2c(c1)sc(=NC(=O)CN1C(=O)CCC1=O)n2C. The summed E-state index contributed by atoms with van der Waals surface area (Å²) in [6, 6.07) is 5.05. The molecule has 0 spiro atoms. The van der Waals surface area contributed by atoms with E-state index in [1.54, 1.807) is 29.8 Å². The second-order valence-electron chi connectivity index (χ2n) is 5.50. The highest BCUT2D eigenvalue weighted by Crippen LogP contribution is 2.19. The van der Waals surface area contributed by atoms with Crippen LogP contribution < -0.4 is 4.80 Å². The number of hydrogen-bond donors (Lipinski definition) is 0. The average Bonchev–Trinajstić information content (AvgIpc) is 3.07. The first-order valence-corrected chi connectivity index (χ1v) is 8.31. The molecule has 0 N–H and O–H groups in total. The quantitative estimate of drug-likeness (QED) is 0.589. The van der Waals surface area contributed by atoms with Crippen molar-refractivity contribution < 1.29 is 23.9 Å². The van der Waals surface area contributed by atoms with Gasteiger partial charge in [0.25, 0.3) is 5.91 Å². The van der Waals surface area contributed by atoms with Gasteiger partial charge in [0.2, 0.25) is 11.8 Å². The standard InChI is InChI=1S/C16H15N3O5S/c1-18-10-4-3-9(15(23)24-2)7-11(10)25-16(18)17-12(20)8-19-13(21)5-6-14(19)22/h3-4,7H,5-6,8H2,1-2H3. The summed E-state index contributed by atoms with van der Waals surface area (Å²) in [6.07, 6.45) is 0.276. The molecule has 130 valence electrons. The smallest absolute Gasteiger partial charge is 0.337 e. The Morgan fingerprint density at radius 2 is 1.92 bits per heavy atom. The second kappa shape index (κ2) is 6.60. The molecule has 1 fully saturated rings. The van der Waals surface area contributed by atoms with Crippen LogP contribution in [0.25, 0.3) is 10.2 Å². The summed E-state index contributed by atoms with van der Waals surface area (Å²) >= 11 is 1.23. The van der Waals surface area contributed by atoms with E-state index in [-0.39, 0.29) is 31.2 Å². The summed E-state index contributed by atoms with van der Waals surface area (Å²) < 4.78 is 7.18. The Labute approximate surface area is 146 Å². The predicted octanol–water partition coefficient (Wildman–Crippen LogP) is 0.603. The fourth-order valence-electron chi connectivity index (χ4n) is 2.56. The van der Waals surface area contributed by atoms with E-state index in [4.69, 9.17) is 4.74 Å².